The maximum atomic E-state index is 12.8. The molecule has 1 amide bonds. The van der Waals surface area contributed by atoms with Crippen LogP contribution in [0.25, 0.3) is 11.0 Å². The highest BCUT2D eigenvalue weighted by Gasteiger charge is 2.26. The Morgan fingerprint density at radius 1 is 1.15 bits per heavy atom. The fourth-order valence-electron chi connectivity index (χ4n) is 3.45. The van der Waals surface area contributed by atoms with E-state index in [1.54, 1.807) is 0 Å². The zero-order valence-corrected chi connectivity index (χ0v) is 16.8. The molecule has 0 fully saturated rings. The first-order valence-corrected chi connectivity index (χ1v) is 8.67. The lowest BCUT2D eigenvalue weighted by molar-refractivity contribution is -0.132. The summed E-state index contributed by atoms with van der Waals surface area (Å²) in [6.07, 6.45) is 2.60. The molecule has 0 unspecified atom stereocenters. The van der Waals surface area contributed by atoms with Gasteiger partial charge in [0.2, 0.25) is 5.91 Å². The lowest BCUT2D eigenvalue weighted by Crippen LogP contribution is -2.48. The summed E-state index contributed by atoms with van der Waals surface area (Å²) in [5, 5.41) is 3.37. The molecule has 2 heterocycles. The molecule has 1 atom stereocenters. The topological polar surface area (TPSA) is 50.2 Å². The molecule has 3 aromatic rings. The second-order valence-electron chi connectivity index (χ2n) is 6.59. The van der Waals surface area contributed by atoms with Gasteiger partial charge in [-0.1, -0.05) is 36.4 Å². The van der Waals surface area contributed by atoms with Crippen LogP contribution in [0, 0.1) is 0 Å². The summed E-state index contributed by atoms with van der Waals surface area (Å²) in [5.74, 6) is 0.152. The number of aromatic nitrogens is 2. The molecule has 27 heavy (non-hydrogen) atoms. The van der Waals surface area contributed by atoms with E-state index < -0.39 is 0 Å². The highest BCUT2D eigenvalue weighted by atomic mass is 35.5. The normalized spacial score (nSPS) is 15.4. The summed E-state index contributed by atoms with van der Waals surface area (Å²) in [4.78, 5) is 19.0. The van der Waals surface area contributed by atoms with Crippen molar-refractivity contribution in [3.63, 3.8) is 0 Å². The number of fused-ring (bicyclic) bond motifs is 2. The SMILES string of the molecule is CN(CCn1cnc2ccccc21)C(=O)[C@H]1Cc2ccccc2CN1.Cl.Cl. The summed E-state index contributed by atoms with van der Waals surface area (Å²) in [7, 11) is 1.88. The number of imidazole rings is 1. The Kier molecular flexibility index (Phi) is 7.25. The maximum absolute atomic E-state index is 12.8. The molecule has 1 aromatic heterocycles. The van der Waals surface area contributed by atoms with E-state index in [1.807, 2.05) is 48.6 Å². The van der Waals surface area contributed by atoms with E-state index in [-0.39, 0.29) is 36.8 Å². The molecule has 0 spiro atoms. The summed E-state index contributed by atoms with van der Waals surface area (Å²) in [5.41, 5.74) is 4.66. The van der Waals surface area contributed by atoms with Crippen molar-refractivity contribution in [3.8, 4) is 0 Å². The fraction of sp³-hybridized carbons (Fsp3) is 0.300. The lowest BCUT2D eigenvalue weighted by atomic mass is 9.95. The third kappa shape index (κ3) is 4.43. The number of likely N-dealkylation sites (N-methyl/N-ethyl adjacent to an activating group) is 1. The van der Waals surface area contributed by atoms with Crippen molar-refractivity contribution in [3.05, 3.63) is 66.0 Å². The second-order valence-corrected chi connectivity index (χ2v) is 6.59. The molecule has 7 heteroatoms. The largest absolute Gasteiger partial charge is 0.343 e. The number of carbonyl (C=O) groups excluding carboxylic acids is 1. The minimum atomic E-state index is -0.139. The smallest absolute Gasteiger partial charge is 0.239 e. The Morgan fingerprint density at radius 3 is 2.67 bits per heavy atom. The Bertz CT molecular complexity index is 912. The van der Waals surface area contributed by atoms with Crippen LogP contribution in [0.15, 0.2) is 54.9 Å². The molecule has 4 rings (SSSR count). The van der Waals surface area contributed by atoms with Crippen molar-refractivity contribution in [2.24, 2.45) is 0 Å². The van der Waals surface area contributed by atoms with E-state index in [9.17, 15) is 4.79 Å². The highest BCUT2D eigenvalue weighted by Crippen LogP contribution is 2.17. The number of hydrogen-bond donors (Lipinski definition) is 1. The number of halogens is 2. The quantitative estimate of drug-likeness (QED) is 0.724. The third-order valence-electron chi connectivity index (χ3n) is 4.96. The van der Waals surface area contributed by atoms with Gasteiger partial charge in [-0.15, -0.1) is 24.8 Å². The first-order valence-electron chi connectivity index (χ1n) is 8.67. The van der Waals surface area contributed by atoms with E-state index >= 15 is 0 Å². The molecule has 1 aliphatic heterocycles. The van der Waals surface area contributed by atoms with Gasteiger partial charge >= 0.3 is 0 Å². The molecule has 1 N–H and O–H groups in total. The predicted octanol–water partition coefficient (Wildman–Crippen LogP) is 3.05. The van der Waals surface area contributed by atoms with Gasteiger partial charge < -0.3 is 14.8 Å². The van der Waals surface area contributed by atoms with Crippen molar-refractivity contribution < 1.29 is 4.79 Å². The van der Waals surface area contributed by atoms with Gasteiger partial charge in [0.05, 0.1) is 23.4 Å². The number of nitrogens with one attached hydrogen (secondary N) is 1. The Labute approximate surface area is 171 Å². The number of amides is 1. The number of benzene rings is 2. The summed E-state index contributed by atoms with van der Waals surface area (Å²) in [6.45, 7) is 2.16. The van der Waals surface area contributed by atoms with Crippen molar-refractivity contribution in [2.45, 2.75) is 25.6 Å². The van der Waals surface area contributed by atoms with Gasteiger partial charge in [-0.2, -0.15) is 0 Å². The van der Waals surface area contributed by atoms with E-state index in [0.717, 1.165) is 30.5 Å². The average Bonchev–Trinajstić information content (AvgIpc) is 3.08. The number of nitrogens with zero attached hydrogens (tertiary/aromatic N) is 3. The minimum absolute atomic E-state index is 0. The number of hydrogen-bond acceptors (Lipinski definition) is 3. The van der Waals surface area contributed by atoms with E-state index in [2.05, 4.69) is 33.1 Å². The van der Waals surface area contributed by atoms with E-state index in [4.69, 9.17) is 0 Å². The number of carbonyl (C=O) groups is 1. The highest BCUT2D eigenvalue weighted by molar-refractivity contribution is 5.85. The van der Waals surface area contributed by atoms with Gasteiger partial charge in [0.25, 0.3) is 0 Å². The van der Waals surface area contributed by atoms with E-state index in [0.29, 0.717) is 6.54 Å². The molecule has 1 aliphatic rings. The first kappa shape index (κ1) is 21.2. The standard InChI is InChI=1S/C20H22N4O.2ClH/c1-23(10-11-24-14-22-17-8-4-5-9-19(17)24)20(25)18-12-15-6-2-3-7-16(15)13-21-18;;/h2-9,14,18,21H,10-13H2,1H3;2*1H/t18-;;/m1../s1. The first-order chi connectivity index (χ1) is 12.2. The van der Waals surface area contributed by atoms with Crippen LogP contribution < -0.4 is 5.32 Å². The summed E-state index contributed by atoms with van der Waals surface area (Å²) >= 11 is 0. The molecule has 0 bridgehead atoms. The lowest BCUT2D eigenvalue weighted by Gasteiger charge is -2.29. The zero-order chi connectivity index (χ0) is 17.2. The number of rotatable bonds is 4. The molecule has 2 aromatic carbocycles. The Morgan fingerprint density at radius 2 is 1.85 bits per heavy atom. The molecule has 0 aliphatic carbocycles. The van der Waals surface area contributed by atoms with Gasteiger partial charge in [-0.3, -0.25) is 4.79 Å². The molecule has 144 valence electrons. The van der Waals surface area contributed by atoms with Crippen LogP contribution in [0.4, 0.5) is 0 Å². The van der Waals surface area contributed by atoms with Crippen molar-refractivity contribution >= 4 is 41.8 Å². The summed E-state index contributed by atoms with van der Waals surface area (Å²) in [6, 6.07) is 16.3. The van der Waals surface area contributed by atoms with Crippen molar-refractivity contribution in [2.75, 3.05) is 13.6 Å². The Balaban J connectivity index is 0.00000131. The second kappa shape index (κ2) is 9.22. The van der Waals surface area contributed by atoms with Gasteiger partial charge in [-0.05, 0) is 29.7 Å². The van der Waals surface area contributed by atoms with Crippen molar-refractivity contribution in [1.82, 2.24) is 19.8 Å². The fourth-order valence-corrected chi connectivity index (χ4v) is 3.45. The van der Waals surface area contributed by atoms with Gasteiger partial charge in [0.15, 0.2) is 0 Å². The van der Waals surface area contributed by atoms with Gasteiger partial charge in [0, 0.05) is 26.7 Å². The van der Waals surface area contributed by atoms with Crippen LogP contribution in [0.2, 0.25) is 0 Å². The maximum Gasteiger partial charge on any atom is 0.239 e. The van der Waals surface area contributed by atoms with Gasteiger partial charge in [0.1, 0.15) is 0 Å². The zero-order valence-electron chi connectivity index (χ0n) is 15.2. The molecular weight excluding hydrogens is 383 g/mol. The average molecular weight is 407 g/mol. The molecule has 0 saturated carbocycles. The molecule has 0 radical (unpaired) electrons. The summed E-state index contributed by atoms with van der Waals surface area (Å²) < 4.78 is 2.10. The third-order valence-corrected chi connectivity index (χ3v) is 4.96. The van der Waals surface area contributed by atoms with Crippen LogP contribution in [-0.2, 0) is 24.3 Å². The minimum Gasteiger partial charge on any atom is -0.343 e. The van der Waals surface area contributed by atoms with Gasteiger partial charge in [-0.25, -0.2) is 4.98 Å². The van der Waals surface area contributed by atoms with E-state index in [1.165, 1.54) is 11.1 Å². The monoisotopic (exact) mass is 406 g/mol. The number of para-hydroxylation sites is 2. The van der Waals surface area contributed by atoms with Crippen molar-refractivity contribution in [1.29, 1.82) is 0 Å². The van der Waals surface area contributed by atoms with Crippen LogP contribution in [0.5, 0.6) is 0 Å². The molecule has 0 saturated heterocycles. The molecule has 5 nitrogen and oxygen atoms in total. The molecular formula is C20H24Cl2N4O. The van der Waals surface area contributed by atoms with Crippen LogP contribution >= 0.6 is 24.8 Å². The Hall–Kier alpha value is -2.08. The van der Waals surface area contributed by atoms with Crippen LogP contribution in [0.1, 0.15) is 11.1 Å². The van der Waals surface area contributed by atoms with Crippen LogP contribution in [-0.4, -0.2) is 40.0 Å². The van der Waals surface area contributed by atoms with Crippen LogP contribution in [0.3, 0.4) is 0 Å². The predicted molar refractivity (Wildman–Crippen MR) is 113 cm³/mol.